The van der Waals surface area contributed by atoms with Gasteiger partial charge in [-0.25, -0.2) is 0 Å². The SMILES string of the molecule is C=C/C(CCC)=C(\C=C/C)CC.CC.CC. The van der Waals surface area contributed by atoms with Crippen molar-refractivity contribution in [2.24, 2.45) is 0 Å². The highest BCUT2D eigenvalue weighted by atomic mass is 14.0. The van der Waals surface area contributed by atoms with Crippen molar-refractivity contribution in [3.8, 4) is 0 Å². The van der Waals surface area contributed by atoms with E-state index in [-0.39, 0.29) is 0 Å². The molecule has 0 bridgehead atoms. The van der Waals surface area contributed by atoms with Crippen molar-refractivity contribution >= 4 is 0 Å². The molecule has 0 nitrogen and oxygen atoms in total. The fourth-order valence-electron chi connectivity index (χ4n) is 1.32. The van der Waals surface area contributed by atoms with Crippen molar-refractivity contribution in [3.63, 3.8) is 0 Å². The van der Waals surface area contributed by atoms with E-state index in [1.807, 2.05) is 33.8 Å². The third-order valence-electron chi connectivity index (χ3n) is 1.93. The van der Waals surface area contributed by atoms with Gasteiger partial charge in [0.25, 0.3) is 0 Å². The second kappa shape index (κ2) is 19.7. The van der Waals surface area contributed by atoms with E-state index < -0.39 is 0 Å². The maximum absolute atomic E-state index is 3.84. The zero-order valence-corrected chi connectivity index (χ0v) is 12.6. The lowest BCUT2D eigenvalue weighted by Gasteiger charge is -2.05. The van der Waals surface area contributed by atoms with Gasteiger partial charge in [-0.05, 0) is 30.9 Å². The lowest BCUT2D eigenvalue weighted by molar-refractivity contribution is 0.906. The molecule has 0 atom stereocenters. The predicted octanol–water partition coefficient (Wildman–Crippen LogP) is 6.31. The van der Waals surface area contributed by atoms with Gasteiger partial charge in [0.15, 0.2) is 0 Å². The minimum absolute atomic E-state index is 1.10. The van der Waals surface area contributed by atoms with Crippen LogP contribution in [0.15, 0.2) is 36.0 Å². The molecule has 96 valence electrons. The Morgan fingerprint density at radius 2 is 1.50 bits per heavy atom. The molecule has 0 aliphatic carbocycles. The van der Waals surface area contributed by atoms with E-state index in [4.69, 9.17) is 0 Å². The molecule has 0 aromatic rings. The van der Waals surface area contributed by atoms with Crippen LogP contribution < -0.4 is 0 Å². The maximum atomic E-state index is 3.84. The van der Waals surface area contributed by atoms with E-state index in [1.54, 1.807) is 0 Å². The van der Waals surface area contributed by atoms with Gasteiger partial charge >= 0.3 is 0 Å². The summed E-state index contributed by atoms with van der Waals surface area (Å²) in [6, 6.07) is 0. The molecule has 0 aromatic carbocycles. The molecule has 0 spiro atoms. The lowest BCUT2D eigenvalue weighted by Crippen LogP contribution is -1.85. The van der Waals surface area contributed by atoms with Crippen LogP contribution in [0.3, 0.4) is 0 Å². The first kappa shape index (κ1) is 20.6. The third-order valence-corrected chi connectivity index (χ3v) is 1.93. The molecule has 0 unspecified atom stereocenters. The summed E-state index contributed by atoms with van der Waals surface area (Å²) in [5.74, 6) is 0. The Bertz CT molecular complexity index is 182. The topological polar surface area (TPSA) is 0 Å². The lowest BCUT2D eigenvalue weighted by atomic mass is 10.0. The molecule has 0 radical (unpaired) electrons. The summed E-state index contributed by atoms with van der Waals surface area (Å²) in [5.41, 5.74) is 2.83. The maximum Gasteiger partial charge on any atom is -0.0279 e. The van der Waals surface area contributed by atoms with Gasteiger partial charge in [-0.3, -0.25) is 0 Å². The van der Waals surface area contributed by atoms with Crippen molar-refractivity contribution in [2.75, 3.05) is 0 Å². The Labute approximate surface area is 104 Å². The number of hydrogen-bond donors (Lipinski definition) is 0. The summed E-state index contributed by atoms with van der Waals surface area (Å²) < 4.78 is 0. The van der Waals surface area contributed by atoms with E-state index in [9.17, 15) is 0 Å². The predicted molar refractivity (Wildman–Crippen MR) is 79.9 cm³/mol. The second-order valence-corrected chi connectivity index (χ2v) is 2.86. The van der Waals surface area contributed by atoms with Crippen LogP contribution in [0.2, 0.25) is 0 Å². The second-order valence-electron chi connectivity index (χ2n) is 2.86. The van der Waals surface area contributed by atoms with Gasteiger partial charge in [0.05, 0.1) is 0 Å². The zero-order chi connectivity index (χ0) is 13.4. The molecule has 0 aliphatic heterocycles. The van der Waals surface area contributed by atoms with E-state index in [1.165, 1.54) is 17.6 Å². The van der Waals surface area contributed by atoms with Crippen LogP contribution in [0.1, 0.15) is 67.7 Å². The number of rotatable bonds is 5. The number of hydrogen-bond acceptors (Lipinski definition) is 0. The van der Waals surface area contributed by atoms with Crippen molar-refractivity contribution in [2.45, 2.75) is 67.7 Å². The molecule has 16 heavy (non-hydrogen) atoms. The highest BCUT2D eigenvalue weighted by Crippen LogP contribution is 2.16. The quantitative estimate of drug-likeness (QED) is 0.480. The average Bonchev–Trinajstić information content (AvgIpc) is 2.38. The highest BCUT2D eigenvalue weighted by Gasteiger charge is 1.96. The molecule has 0 amide bonds. The van der Waals surface area contributed by atoms with E-state index in [2.05, 4.69) is 39.5 Å². The first-order valence-corrected chi connectivity index (χ1v) is 6.77. The fraction of sp³-hybridized carbons (Fsp3) is 0.625. The minimum Gasteiger partial charge on any atom is -0.0988 e. The molecular formula is C16H32. The summed E-state index contributed by atoms with van der Waals surface area (Å²) in [6.07, 6.45) is 9.72. The molecule has 0 N–H and O–H groups in total. The van der Waals surface area contributed by atoms with Crippen molar-refractivity contribution in [3.05, 3.63) is 36.0 Å². The van der Waals surface area contributed by atoms with Gasteiger partial charge in [-0.2, -0.15) is 0 Å². The largest absolute Gasteiger partial charge is 0.0988 e. The van der Waals surface area contributed by atoms with Gasteiger partial charge in [0, 0.05) is 0 Å². The summed E-state index contributed by atoms with van der Waals surface area (Å²) in [6.45, 7) is 18.3. The van der Waals surface area contributed by atoms with Crippen LogP contribution >= 0.6 is 0 Å². The molecule has 0 heterocycles. The van der Waals surface area contributed by atoms with Crippen molar-refractivity contribution in [1.29, 1.82) is 0 Å². The van der Waals surface area contributed by atoms with Crippen molar-refractivity contribution < 1.29 is 0 Å². The van der Waals surface area contributed by atoms with Crippen LogP contribution in [0, 0.1) is 0 Å². The summed E-state index contributed by atoms with van der Waals surface area (Å²) >= 11 is 0. The molecule has 0 fully saturated rings. The Morgan fingerprint density at radius 3 is 1.75 bits per heavy atom. The molecule has 0 saturated heterocycles. The van der Waals surface area contributed by atoms with Gasteiger partial charge in [0.2, 0.25) is 0 Å². The Hall–Kier alpha value is -0.780. The third kappa shape index (κ3) is 11.3. The summed E-state index contributed by atoms with van der Waals surface area (Å²) in [7, 11) is 0. The van der Waals surface area contributed by atoms with Crippen molar-refractivity contribution in [1.82, 2.24) is 0 Å². The summed E-state index contributed by atoms with van der Waals surface area (Å²) in [4.78, 5) is 0. The van der Waals surface area contributed by atoms with Gasteiger partial charge < -0.3 is 0 Å². The van der Waals surface area contributed by atoms with Gasteiger partial charge in [-0.15, -0.1) is 0 Å². The smallest absolute Gasteiger partial charge is 0.0279 e. The van der Waals surface area contributed by atoms with Crippen LogP contribution in [0.25, 0.3) is 0 Å². The molecule has 0 aromatic heterocycles. The standard InChI is InChI=1S/C12H20.2C2H6/c1-5-9-11(7-3)12(8-4)10-6-2;2*1-2/h6-7,10H,3,5,8-9H2,1-2,4H3;2*1-2H3/b10-6-,12-11+;;. The molecule has 0 heteroatoms. The Kier molecular flexibility index (Phi) is 25.4. The van der Waals surface area contributed by atoms with E-state index in [0.717, 1.165) is 12.8 Å². The zero-order valence-electron chi connectivity index (χ0n) is 12.6. The van der Waals surface area contributed by atoms with Gasteiger partial charge in [-0.1, -0.05) is 72.8 Å². The normalized spacial score (nSPS) is 10.7. The highest BCUT2D eigenvalue weighted by molar-refractivity contribution is 5.31. The number of allylic oxidation sites excluding steroid dienone is 5. The van der Waals surface area contributed by atoms with Gasteiger partial charge in [0.1, 0.15) is 0 Å². The van der Waals surface area contributed by atoms with E-state index >= 15 is 0 Å². The Balaban J connectivity index is -0.000000376. The molecule has 0 saturated carbocycles. The first-order valence-electron chi connectivity index (χ1n) is 6.77. The van der Waals surface area contributed by atoms with Crippen LogP contribution in [-0.2, 0) is 0 Å². The first-order chi connectivity index (χ1) is 7.79. The van der Waals surface area contributed by atoms with Crippen LogP contribution in [0.4, 0.5) is 0 Å². The van der Waals surface area contributed by atoms with Crippen LogP contribution in [-0.4, -0.2) is 0 Å². The fourth-order valence-corrected chi connectivity index (χ4v) is 1.32. The monoisotopic (exact) mass is 224 g/mol. The Morgan fingerprint density at radius 1 is 1.00 bits per heavy atom. The summed E-state index contributed by atoms with van der Waals surface area (Å²) in [5, 5.41) is 0. The molecule has 0 aliphatic rings. The average molecular weight is 224 g/mol. The molecule has 0 rings (SSSR count). The molecular weight excluding hydrogens is 192 g/mol. The van der Waals surface area contributed by atoms with Crippen LogP contribution in [0.5, 0.6) is 0 Å². The minimum atomic E-state index is 1.10. The van der Waals surface area contributed by atoms with E-state index in [0.29, 0.717) is 0 Å².